The Kier molecular flexibility index (Phi) is 4.76. The van der Waals surface area contributed by atoms with E-state index in [1.54, 1.807) is 0 Å². The SMILES string of the molecule is Cc1ccc(CNCCCCn2ccnc2)s1. The highest BCUT2D eigenvalue weighted by molar-refractivity contribution is 7.11. The lowest BCUT2D eigenvalue weighted by Crippen LogP contribution is -2.14. The number of aryl methyl sites for hydroxylation is 2. The van der Waals surface area contributed by atoms with Crippen molar-refractivity contribution in [3.8, 4) is 0 Å². The van der Waals surface area contributed by atoms with Gasteiger partial charge >= 0.3 is 0 Å². The van der Waals surface area contributed by atoms with E-state index in [1.807, 2.05) is 30.1 Å². The Morgan fingerprint density at radius 1 is 1.35 bits per heavy atom. The molecule has 2 heterocycles. The Morgan fingerprint density at radius 2 is 2.29 bits per heavy atom. The second-order valence-corrected chi connectivity index (χ2v) is 5.57. The molecule has 2 rings (SSSR count). The largest absolute Gasteiger partial charge is 0.337 e. The monoisotopic (exact) mass is 249 g/mol. The molecular weight excluding hydrogens is 230 g/mol. The maximum atomic E-state index is 4.03. The van der Waals surface area contributed by atoms with Crippen molar-refractivity contribution in [2.45, 2.75) is 32.9 Å². The molecule has 4 heteroatoms. The lowest BCUT2D eigenvalue weighted by Gasteiger charge is -2.04. The van der Waals surface area contributed by atoms with Gasteiger partial charge in [-0.2, -0.15) is 0 Å². The lowest BCUT2D eigenvalue weighted by molar-refractivity contribution is 0.570. The molecule has 0 aromatic carbocycles. The zero-order valence-corrected chi connectivity index (χ0v) is 11.0. The molecule has 0 saturated carbocycles. The number of hydrogen-bond acceptors (Lipinski definition) is 3. The molecule has 0 fully saturated rings. The molecule has 2 aromatic rings. The summed E-state index contributed by atoms with van der Waals surface area (Å²) in [5.41, 5.74) is 0. The van der Waals surface area contributed by atoms with Crippen LogP contribution in [0.25, 0.3) is 0 Å². The van der Waals surface area contributed by atoms with Gasteiger partial charge in [0, 0.05) is 35.2 Å². The molecule has 0 amide bonds. The number of unbranched alkanes of at least 4 members (excludes halogenated alkanes) is 1. The number of nitrogens with zero attached hydrogens (tertiary/aromatic N) is 2. The Morgan fingerprint density at radius 3 is 3.00 bits per heavy atom. The van der Waals surface area contributed by atoms with Crippen LogP contribution >= 0.6 is 11.3 Å². The molecule has 3 nitrogen and oxygen atoms in total. The molecule has 0 aliphatic heterocycles. The van der Waals surface area contributed by atoms with Crippen LogP contribution in [-0.2, 0) is 13.1 Å². The molecule has 0 atom stereocenters. The third-order valence-corrected chi connectivity index (χ3v) is 3.67. The highest BCUT2D eigenvalue weighted by Gasteiger charge is 1.96. The van der Waals surface area contributed by atoms with Crippen molar-refractivity contribution in [2.75, 3.05) is 6.54 Å². The van der Waals surface area contributed by atoms with Gasteiger partial charge in [-0.3, -0.25) is 0 Å². The van der Waals surface area contributed by atoms with Crippen molar-refractivity contribution >= 4 is 11.3 Å². The lowest BCUT2D eigenvalue weighted by atomic mass is 10.3. The van der Waals surface area contributed by atoms with E-state index < -0.39 is 0 Å². The summed E-state index contributed by atoms with van der Waals surface area (Å²) in [5, 5.41) is 3.48. The van der Waals surface area contributed by atoms with Gasteiger partial charge in [0.25, 0.3) is 0 Å². The van der Waals surface area contributed by atoms with E-state index in [9.17, 15) is 0 Å². The van der Waals surface area contributed by atoms with E-state index in [0.29, 0.717) is 0 Å². The van der Waals surface area contributed by atoms with Gasteiger partial charge in [0.15, 0.2) is 0 Å². The summed E-state index contributed by atoms with van der Waals surface area (Å²) in [6.07, 6.45) is 8.14. The van der Waals surface area contributed by atoms with Gasteiger partial charge in [-0.15, -0.1) is 11.3 Å². The maximum Gasteiger partial charge on any atom is 0.0945 e. The molecule has 0 radical (unpaired) electrons. The number of hydrogen-bond donors (Lipinski definition) is 1. The fraction of sp³-hybridized carbons (Fsp3) is 0.462. The molecule has 92 valence electrons. The molecular formula is C13H19N3S. The van der Waals surface area contributed by atoms with Gasteiger partial charge in [0.05, 0.1) is 6.33 Å². The molecule has 0 spiro atoms. The van der Waals surface area contributed by atoms with Crippen molar-refractivity contribution in [3.05, 3.63) is 40.6 Å². The average Bonchev–Trinajstić information content (AvgIpc) is 2.95. The zero-order chi connectivity index (χ0) is 11.9. The van der Waals surface area contributed by atoms with Crippen molar-refractivity contribution in [1.29, 1.82) is 0 Å². The molecule has 2 aromatic heterocycles. The molecule has 0 bridgehead atoms. The predicted octanol–water partition coefficient (Wildman–Crippen LogP) is 2.82. The number of imidazole rings is 1. The van der Waals surface area contributed by atoms with Gasteiger partial charge in [-0.1, -0.05) is 0 Å². The van der Waals surface area contributed by atoms with Crippen molar-refractivity contribution in [3.63, 3.8) is 0 Å². The van der Waals surface area contributed by atoms with Gasteiger partial charge in [0.2, 0.25) is 0 Å². The highest BCUT2D eigenvalue weighted by atomic mass is 32.1. The topological polar surface area (TPSA) is 29.9 Å². The number of nitrogens with one attached hydrogen (secondary N) is 1. The van der Waals surface area contributed by atoms with E-state index in [0.717, 1.165) is 19.6 Å². The van der Waals surface area contributed by atoms with Crippen molar-refractivity contribution in [1.82, 2.24) is 14.9 Å². The van der Waals surface area contributed by atoms with E-state index in [1.165, 1.54) is 22.6 Å². The molecule has 1 N–H and O–H groups in total. The van der Waals surface area contributed by atoms with Crippen LogP contribution in [0.4, 0.5) is 0 Å². The van der Waals surface area contributed by atoms with Gasteiger partial charge in [-0.25, -0.2) is 4.98 Å². The summed E-state index contributed by atoms with van der Waals surface area (Å²) < 4.78 is 2.13. The van der Waals surface area contributed by atoms with Crippen LogP contribution in [0, 0.1) is 6.92 Å². The summed E-state index contributed by atoms with van der Waals surface area (Å²) in [7, 11) is 0. The Labute approximate surface area is 107 Å². The normalized spacial score (nSPS) is 10.9. The van der Waals surface area contributed by atoms with Gasteiger partial charge < -0.3 is 9.88 Å². The summed E-state index contributed by atoms with van der Waals surface area (Å²) in [6, 6.07) is 4.39. The second-order valence-electron chi connectivity index (χ2n) is 4.20. The van der Waals surface area contributed by atoms with Crippen molar-refractivity contribution in [2.24, 2.45) is 0 Å². The van der Waals surface area contributed by atoms with Crippen LogP contribution in [-0.4, -0.2) is 16.1 Å². The van der Waals surface area contributed by atoms with E-state index in [4.69, 9.17) is 0 Å². The Hall–Kier alpha value is -1.13. The quantitative estimate of drug-likeness (QED) is 0.765. The molecule has 0 aliphatic rings. The summed E-state index contributed by atoms with van der Waals surface area (Å²) in [4.78, 5) is 6.85. The zero-order valence-electron chi connectivity index (χ0n) is 10.2. The minimum atomic E-state index is 1.00. The van der Waals surface area contributed by atoms with Crippen LogP contribution in [0.5, 0.6) is 0 Å². The molecule has 0 saturated heterocycles. The smallest absolute Gasteiger partial charge is 0.0945 e. The summed E-state index contributed by atoms with van der Waals surface area (Å²) in [6.45, 7) is 5.31. The average molecular weight is 249 g/mol. The Balaban J connectivity index is 1.52. The van der Waals surface area contributed by atoms with E-state index in [-0.39, 0.29) is 0 Å². The standard InChI is InChI=1S/C13H19N3S/c1-12-4-5-13(17-12)10-14-6-2-3-8-16-9-7-15-11-16/h4-5,7,9,11,14H,2-3,6,8,10H2,1H3. The minimum Gasteiger partial charge on any atom is -0.337 e. The van der Waals surface area contributed by atoms with E-state index >= 15 is 0 Å². The highest BCUT2D eigenvalue weighted by Crippen LogP contribution is 2.14. The van der Waals surface area contributed by atoms with E-state index in [2.05, 4.69) is 33.9 Å². The third-order valence-electron chi connectivity index (χ3n) is 2.67. The van der Waals surface area contributed by atoms with Crippen LogP contribution in [0.2, 0.25) is 0 Å². The maximum absolute atomic E-state index is 4.03. The van der Waals surface area contributed by atoms with Crippen LogP contribution in [0.3, 0.4) is 0 Å². The first kappa shape index (κ1) is 12.3. The molecule has 0 unspecified atom stereocenters. The first-order valence-electron chi connectivity index (χ1n) is 6.06. The first-order valence-corrected chi connectivity index (χ1v) is 6.88. The van der Waals surface area contributed by atoms with Gasteiger partial charge in [-0.05, 0) is 38.4 Å². The molecule has 0 aliphatic carbocycles. The minimum absolute atomic E-state index is 1.00. The van der Waals surface area contributed by atoms with Crippen molar-refractivity contribution < 1.29 is 0 Å². The summed E-state index contributed by atoms with van der Waals surface area (Å²) >= 11 is 1.87. The third kappa shape index (κ3) is 4.32. The number of aromatic nitrogens is 2. The van der Waals surface area contributed by atoms with Gasteiger partial charge in [0.1, 0.15) is 0 Å². The second kappa shape index (κ2) is 6.57. The fourth-order valence-corrected chi connectivity index (χ4v) is 2.62. The van der Waals surface area contributed by atoms with Crippen LogP contribution < -0.4 is 5.32 Å². The predicted molar refractivity (Wildman–Crippen MR) is 72.2 cm³/mol. The van der Waals surface area contributed by atoms with Crippen LogP contribution in [0.1, 0.15) is 22.6 Å². The van der Waals surface area contributed by atoms with Crippen LogP contribution in [0.15, 0.2) is 30.9 Å². The first-order chi connectivity index (χ1) is 8.34. The molecule has 17 heavy (non-hydrogen) atoms. The number of thiophene rings is 1. The number of rotatable bonds is 7. The Bertz CT molecular complexity index is 420. The fourth-order valence-electron chi connectivity index (χ4n) is 1.76. The summed E-state index contributed by atoms with van der Waals surface area (Å²) in [5.74, 6) is 0.